The van der Waals surface area contributed by atoms with Crippen LogP contribution in [0.5, 0.6) is 0 Å². The first-order valence-electron chi connectivity index (χ1n) is 6.38. The van der Waals surface area contributed by atoms with Crippen LogP contribution in [0, 0.1) is 25.7 Å². The van der Waals surface area contributed by atoms with Crippen molar-refractivity contribution in [1.82, 2.24) is 9.88 Å². The van der Waals surface area contributed by atoms with Gasteiger partial charge in [-0.15, -0.1) is 11.3 Å². The Bertz CT molecular complexity index is 442. The minimum absolute atomic E-state index is 0.211. The lowest BCUT2D eigenvalue weighted by atomic mass is 10.0. The van der Waals surface area contributed by atoms with E-state index < -0.39 is 0 Å². The Morgan fingerprint density at radius 1 is 1.29 bits per heavy atom. The van der Waals surface area contributed by atoms with Gasteiger partial charge in [0, 0.05) is 13.1 Å². The lowest BCUT2D eigenvalue weighted by Gasteiger charge is -2.16. The summed E-state index contributed by atoms with van der Waals surface area (Å²) >= 11 is 1.54. The molecule has 3 nitrogen and oxygen atoms in total. The highest BCUT2D eigenvalue weighted by Gasteiger charge is 2.38. The van der Waals surface area contributed by atoms with Crippen LogP contribution in [0.1, 0.15) is 39.6 Å². The van der Waals surface area contributed by atoms with Gasteiger partial charge in [0.25, 0.3) is 5.91 Å². The lowest BCUT2D eigenvalue weighted by Crippen LogP contribution is -2.29. The molecule has 0 N–H and O–H groups in total. The van der Waals surface area contributed by atoms with Gasteiger partial charge < -0.3 is 4.90 Å². The molecule has 2 aliphatic rings. The molecule has 0 bridgehead atoms. The van der Waals surface area contributed by atoms with Crippen molar-refractivity contribution in [2.75, 3.05) is 13.1 Å². The first-order chi connectivity index (χ1) is 8.15. The topological polar surface area (TPSA) is 33.2 Å². The first-order valence-corrected chi connectivity index (χ1v) is 7.20. The Balaban J connectivity index is 1.77. The van der Waals surface area contributed by atoms with E-state index in [1.807, 2.05) is 13.8 Å². The van der Waals surface area contributed by atoms with Crippen LogP contribution in [0.15, 0.2) is 0 Å². The Hall–Kier alpha value is -0.900. The number of rotatable bonds is 1. The molecule has 1 saturated carbocycles. The average Bonchev–Trinajstić information content (AvgIpc) is 2.90. The minimum Gasteiger partial charge on any atom is -0.337 e. The molecule has 0 aromatic carbocycles. The van der Waals surface area contributed by atoms with Gasteiger partial charge in [0.15, 0.2) is 0 Å². The van der Waals surface area contributed by atoms with Crippen LogP contribution < -0.4 is 0 Å². The number of hydrogen-bond acceptors (Lipinski definition) is 3. The summed E-state index contributed by atoms with van der Waals surface area (Å²) in [6.07, 6.45) is 3.99. The quantitative estimate of drug-likeness (QED) is 0.767. The van der Waals surface area contributed by atoms with Crippen molar-refractivity contribution >= 4 is 17.2 Å². The lowest BCUT2D eigenvalue weighted by molar-refractivity contribution is 0.0784. The fourth-order valence-corrected chi connectivity index (χ4v) is 4.16. The molecule has 3 rings (SSSR count). The van der Waals surface area contributed by atoms with E-state index in [-0.39, 0.29) is 5.91 Å². The van der Waals surface area contributed by atoms with Crippen molar-refractivity contribution < 1.29 is 4.79 Å². The van der Waals surface area contributed by atoms with Crippen molar-refractivity contribution in [3.63, 3.8) is 0 Å². The third-order valence-electron chi connectivity index (χ3n) is 4.11. The number of thiazole rings is 1. The zero-order chi connectivity index (χ0) is 12.0. The number of nitrogens with zero attached hydrogens (tertiary/aromatic N) is 2. The summed E-state index contributed by atoms with van der Waals surface area (Å²) in [6, 6.07) is 0. The third kappa shape index (κ3) is 1.88. The number of aromatic nitrogens is 1. The molecule has 0 radical (unpaired) electrons. The van der Waals surface area contributed by atoms with Gasteiger partial charge in [0.1, 0.15) is 4.88 Å². The maximum atomic E-state index is 12.4. The fraction of sp³-hybridized carbons (Fsp3) is 0.692. The standard InChI is InChI=1S/C13H18N2OS/c1-8-12(17-9(2)14-8)13(16)15-6-10-4-3-5-11(10)7-15/h10-11H,3-7H2,1-2H3. The second kappa shape index (κ2) is 4.09. The van der Waals surface area contributed by atoms with Gasteiger partial charge in [0.2, 0.25) is 0 Å². The number of likely N-dealkylation sites (tertiary alicyclic amines) is 1. The monoisotopic (exact) mass is 250 g/mol. The third-order valence-corrected chi connectivity index (χ3v) is 5.17. The van der Waals surface area contributed by atoms with Crippen molar-refractivity contribution in [1.29, 1.82) is 0 Å². The van der Waals surface area contributed by atoms with E-state index in [9.17, 15) is 4.79 Å². The summed E-state index contributed by atoms with van der Waals surface area (Å²) in [4.78, 5) is 19.7. The van der Waals surface area contributed by atoms with Crippen LogP contribution in [0.25, 0.3) is 0 Å². The van der Waals surface area contributed by atoms with Crippen molar-refractivity contribution in [2.45, 2.75) is 33.1 Å². The number of aryl methyl sites for hydroxylation is 2. The maximum Gasteiger partial charge on any atom is 0.265 e. The molecular formula is C13H18N2OS. The Morgan fingerprint density at radius 3 is 2.47 bits per heavy atom. The highest BCUT2D eigenvalue weighted by molar-refractivity contribution is 7.13. The first kappa shape index (κ1) is 11.2. The van der Waals surface area contributed by atoms with Gasteiger partial charge >= 0.3 is 0 Å². The van der Waals surface area contributed by atoms with Gasteiger partial charge in [-0.25, -0.2) is 4.98 Å². The van der Waals surface area contributed by atoms with Crippen LogP contribution in [0.4, 0.5) is 0 Å². The predicted octanol–water partition coefficient (Wildman–Crippen LogP) is 2.63. The number of amides is 1. The summed E-state index contributed by atoms with van der Waals surface area (Å²) in [5.74, 6) is 1.75. The zero-order valence-corrected chi connectivity index (χ0v) is 11.2. The van der Waals surface area contributed by atoms with E-state index in [2.05, 4.69) is 9.88 Å². The largest absolute Gasteiger partial charge is 0.337 e. The van der Waals surface area contributed by atoms with E-state index in [1.165, 1.54) is 30.6 Å². The molecule has 1 aliphatic heterocycles. The van der Waals surface area contributed by atoms with Crippen LogP contribution in [-0.2, 0) is 0 Å². The Morgan fingerprint density at radius 2 is 1.94 bits per heavy atom. The number of fused-ring (bicyclic) bond motifs is 1. The van der Waals surface area contributed by atoms with Gasteiger partial charge in [-0.05, 0) is 38.5 Å². The molecule has 17 heavy (non-hydrogen) atoms. The second-order valence-electron chi connectivity index (χ2n) is 5.31. The molecule has 1 aliphatic carbocycles. The SMILES string of the molecule is Cc1nc(C)c(C(=O)N2CC3CCCC3C2)s1. The molecule has 4 heteroatoms. The molecule has 1 saturated heterocycles. The molecule has 2 heterocycles. The molecule has 2 atom stereocenters. The summed E-state index contributed by atoms with van der Waals surface area (Å²) in [5.41, 5.74) is 0.898. The zero-order valence-electron chi connectivity index (χ0n) is 10.4. The summed E-state index contributed by atoms with van der Waals surface area (Å²) < 4.78 is 0. The van der Waals surface area contributed by atoms with Crippen molar-refractivity contribution in [3.8, 4) is 0 Å². The van der Waals surface area contributed by atoms with Crippen LogP contribution in [-0.4, -0.2) is 28.9 Å². The van der Waals surface area contributed by atoms with Gasteiger partial charge in [0.05, 0.1) is 10.7 Å². The summed E-state index contributed by atoms with van der Waals surface area (Å²) in [7, 11) is 0. The van der Waals surface area contributed by atoms with E-state index in [1.54, 1.807) is 0 Å². The normalized spacial score (nSPS) is 27.5. The smallest absolute Gasteiger partial charge is 0.265 e. The second-order valence-corrected chi connectivity index (χ2v) is 6.51. The van der Waals surface area contributed by atoms with E-state index in [0.29, 0.717) is 0 Å². The van der Waals surface area contributed by atoms with Crippen LogP contribution in [0.3, 0.4) is 0 Å². The number of carbonyl (C=O) groups excluding carboxylic acids is 1. The van der Waals surface area contributed by atoms with E-state index in [4.69, 9.17) is 0 Å². The Kier molecular flexibility index (Phi) is 2.69. The summed E-state index contributed by atoms with van der Waals surface area (Å²) in [5, 5.41) is 0.991. The van der Waals surface area contributed by atoms with Crippen molar-refractivity contribution in [3.05, 3.63) is 15.6 Å². The molecule has 1 aromatic rings. The maximum absolute atomic E-state index is 12.4. The molecule has 1 aromatic heterocycles. The number of carbonyl (C=O) groups is 1. The van der Waals surface area contributed by atoms with E-state index >= 15 is 0 Å². The van der Waals surface area contributed by atoms with Gasteiger partial charge in [-0.1, -0.05) is 6.42 Å². The summed E-state index contributed by atoms with van der Waals surface area (Å²) in [6.45, 7) is 5.85. The fourth-order valence-electron chi connectivity index (χ4n) is 3.27. The molecule has 2 fully saturated rings. The number of hydrogen-bond donors (Lipinski definition) is 0. The Labute approximate surface area is 106 Å². The highest BCUT2D eigenvalue weighted by atomic mass is 32.1. The van der Waals surface area contributed by atoms with Crippen LogP contribution >= 0.6 is 11.3 Å². The van der Waals surface area contributed by atoms with E-state index in [0.717, 1.165) is 40.5 Å². The molecule has 1 amide bonds. The van der Waals surface area contributed by atoms with Crippen LogP contribution in [0.2, 0.25) is 0 Å². The van der Waals surface area contributed by atoms with Gasteiger partial charge in [-0.2, -0.15) is 0 Å². The van der Waals surface area contributed by atoms with Crippen molar-refractivity contribution in [2.24, 2.45) is 11.8 Å². The molecule has 0 spiro atoms. The minimum atomic E-state index is 0.211. The molecular weight excluding hydrogens is 232 g/mol. The molecule has 92 valence electrons. The average molecular weight is 250 g/mol. The van der Waals surface area contributed by atoms with Gasteiger partial charge in [-0.3, -0.25) is 4.79 Å². The highest BCUT2D eigenvalue weighted by Crippen LogP contribution is 2.38. The molecule has 2 unspecified atom stereocenters. The predicted molar refractivity (Wildman–Crippen MR) is 68.3 cm³/mol.